The van der Waals surface area contributed by atoms with Gasteiger partial charge in [-0.15, -0.1) is 0 Å². The number of nitrogens with zero attached hydrogens (tertiary/aromatic N) is 1. The second-order valence-corrected chi connectivity index (χ2v) is 7.10. The van der Waals surface area contributed by atoms with Gasteiger partial charge in [-0.3, -0.25) is 4.72 Å². The van der Waals surface area contributed by atoms with Crippen LogP contribution in [0.4, 0.5) is 15.8 Å². The smallest absolute Gasteiger partial charge is 0.264 e. The average molecular weight is 425 g/mol. The van der Waals surface area contributed by atoms with Crippen molar-refractivity contribution < 1.29 is 12.8 Å². The summed E-state index contributed by atoms with van der Waals surface area (Å²) in [6.45, 7) is 0. The van der Waals surface area contributed by atoms with Crippen molar-refractivity contribution in [2.24, 2.45) is 0 Å². The summed E-state index contributed by atoms with van der Waals surface area (Å²) >= 11 is 6.16. The van der Waals surface area contributed by atoms with E-state index in [1.54, 1.807) is 6.07 Å². The molecule has 106 valence electrons. The number of nitrogen functional groups attached to an aromatic ring is 1. The number of anilines is 2. The quantitative estimate of drug-likeness (QED) is 0.585. The Bertz CT molecular complexity index is 751. The van der Waals surface area contributed by atoms with Crippen molar-refractivity contribution in [3.63, 3.8) is 0 Å². The second kappa shape index (κ2) is 5.66. The third-order valence-corrected chi connectivity index (χ3v) is 4.87. The zero-order valence-corrected chi connectivity index (χ0v) is 13.8. The van der Waals surface area contributed by atoms with E-state index in [1.165, 1.54) is 12.3 Å². The molecule has 3 N–H and O–H groups in total. The molecule has 0 aliphatic heterocycles. The van der Waals surface area contributed by atoms with E-state index in [-0.39, 0.29) is 11.4 Å². The summed E-state index contributed by atoms with van der Waals surface area (Å²) in [5.41, 5.74) is 5.92. The maximum absolute atomic E-state index is 13.8. The van der Waals surface area contributed by atoms with Gasteiger partial charge < -0.3 is 5.73 Å². The highest BCUT2D eigenvalue weighted by molar-refractivity contribution is 9.10. The fourth-order valence-electron chi connectivity index (χ4n) is 1.40. The number of hydrogen-bond donors (Lipinski definition) is 2. The first kappa shape index (κ1) is 15.2. The monoisotopic (exact) mass is 423 g/mol. The Morgan fingerprint density at radius 2 is 1.95 bits per heavy atom. The van der Waals surface area contributed by atoms with Crippen LogP contribution in [-0.2, 0) is 10.0 Å². The number of benzene rings is 1. The number of rotatable bonds is 3. The molecule has 0 spiro atoms. The number of hydrogen-bond acceptors (Lipinski definition) is 4. The van der Waals surface area contributed by atoms with Gasteiger partial charge in [0.25, 0.3) is 10.0 Å². The highest BCUT2D eigenvalue weighted by Crippen LogP contribution is 2.27. The minimum Gasteiger partial charge on any atom is -0.398 e. The normalized spacial score (nSPS) is 11.3. The first-order valence-corrected chi connectivity index (χ1v) is 8.25. The molecule has 1 aromatic carbocycles. The highest BCUT2D eigenvalue weighted by atomic mass is 79.9. The molecule has 0 fully saturated rings. The van der Waals surface area contributed by atoms with Crippen molar-refractivity contribution in [2.45, 2.75) is 4.90 Å². The second-order valence-electron chi connectivity index (χ2n) is 3.78. The lowest BCUT2D eigenvalue weighted by Gasteiger charge is -2.10. The van der Waals surface area contributed by atoms with Crippen LogP contribution < -0.4 is 10.5 Å². The van der Waals surface area contributed by atoms with E-state index in [0.29, 0.717) is 9.08 Å². The zero-order chi connectivity index (χ0) is 14.9. The first-order chi connectivity index (χ1) is 9.29. The van der Waals surface area contributed by atoms with E-state index < -0.39 is 20.7 Å². The molecule has 9 heteroatoms. The molecule has 0 aliphatic carbocycles. The van der Waals surface area contributed by atoms with Gasteiger partial charge in [-0.25, -0.2) is 17.8 Å². The van der Waals surface area contributed by atoms with Crippen LogP contribution >= 0.6 is 31.9 Å². The van der Waals surface area contributed by atoms with Crippen molar-refractivity contribution in [1.82, 2.24) is 4.98 Å². The van der Waals surface area contributed by atoms with Gasteiger partial charge in [-0.2, -0.15) is 0 Å². The van der Waals surface area contributed by atoms with Gasteiger partial charge in [0.05, 0.1) is 11.9 Å². The van der Waals surface area contributed by atoms with Crippen molar-refractivity contribution in [3.8, 4) is 0 Å². The van der Waals surface area contributed by atoms with Crippen molar-refractivity contribution in [3.05, 3.63) is 45.4 Å². The van der Waals surface area contributed by atoms with E-state index in [1.807, 2.05) is 0 Å². The van der Waals surface area contributed by atoms with Crippen molar-refractivity contribution >= 4 is 53.3 Å². The van der Waals surface area contributed by atoms with Crippen LogP contribution in [0.1, 0.15) is 0 Å². The molecule has 0 saturated heterocycles. The Labute approximate surface area is 131 Å². The van der Waals surface area contributed by atoms with E-state index in [0.717, 1.165) is 12.1 Å². The summed E-state index contributed by atoms with van der Waals surface area (Å²) in [7, 11) is -4.08. The van der Waals surface area contributed by atoms with E-state index >= 15 is 0 Å². The molecule has 20 heavy (non-hydrogen) atoms. The molecular formula is C11H8Br2FN3O2S. The highest BCUT2D eigenvalue weighted by Gasteiger charge is 2.21. The summed E-state index contributed by atoms with van der Waals surface area (Å²) in [5.74, 6) is -0.899. The van der Waals surface area contributed by atoms with Crippen LogP contribution in [0.3, 0.4) is 0 Å². The number of nitrogens with one attached hydrogen (secondary N) is 1. The van der Waals surface area contributed by atoms with Crippen LogP contribution in [-0.4, -0.2) is 13.4 Å². The Hall–Kier alpha value is -1.19. The molecule has 1 heterocycles. The number of aromatic nitrogens is 1. The van der Waals surface area contributed by atoms with E-state index in [4.69, 9.17) is 5.73 Å². The van der Waals surface area contributed by atoms with Gasteiger partial charge in [0.15, 0.2) is 0 Å². The molecule has 0 atom stereocenters. The van der Waals surface area contributed by atoms with Crippen LogP contribution in [0.15, 0.2) is 44.4 Å². The first-order valence-electron chi connectivity index (χ1n) is 5.18. The third kappa shape index (κ3) is 3.28. The van der Waals surface area contributed by atoms with Gasteiger partial charge >= 0.3 is 0 Å². The molecule has 0 bridgehead atoms. The standard InChI is InChI=1S/C11H8Br2FN3O2S/c12-7-3-8(14)10(4-9(7)15)20(18,19)17-6-1-2-11(13)16-5-6/h1-5,17H,15H2. The maximum Gasteiger partial charge on any atom is 0.264 e. The number of halogens is 3. The Kier molecular flexibility index (Phi) is 4.31. The van der Waals surface area contributed by atoms with Crippen LogP contribution in [0, 0.1) is 5.82 Å². The Morgan fingerprint density at radius 1 is 1.25 bits per heavy atom. The molecule has 0 unspecified atom stereocenters. The minimum absolute atomic E-state index is 0.126. The molecule has 2 rings (SSSR count). The summed E-state index contributed by atoms with van der Waals surface area (Å²) in [5, 5.41) is 0. The summed E-state index contributed by atoms with van der Waals surface area (Å²) < 4.78 is 41.1. The molecule has 0 aliphatic rings. The van der Waals surface area contributed by atoms with E-state index in [9.17, 15) is 12.8 Å². The summed E-state index contributed by atoms with van der Waals surface area (Å²) in [4.78, 5) is 3.35. The zero-order valence-electron chi connectivity index (χ0n) is 9.77. The van der Waals surface area contributed by atoms with Gasteiger partial charge in [-0.05, 0) is 56.1 Å². The van der Waals surface area contributed by atoms with Gasteiger partial charge in [0.2, 0.25) is 0 Å². The molecule has 1 aromatic heterocycles. The minimum atomic E-state index is -4.08. The maximum atomic E-state index is 13.8. The van der Waals surface area contributed by atoms with E-state index in [2.05, 4.69) is 41.6 Å². The fourth-order valence-corrected chi connectivity index (χ4v) is 3.09. The predicted molar refractivity (Wildman–Crippen MR) is 81.3 cm³/mol. The number of nitrogens with two attached hydrogens (primary N) is 1. The molecule has 0 radical (unpaired) electrons. The predicted octanol–water partition coefficient (Wildman–Crippen LogP) is 3.13. The van der Waals surface area contributed by atoms with Gasteiger partial charge in [0, 0.05) is 10.2 Å². The fraction of sp³-hybridized carbons (Fsp3) is 0. The van der Waals surface area contributed by atoms with Crippen LogP contribution in [0.2, 0.25) is 0 Å². The lowest BCUT2D eigenvalue weighted by Crippen LogP contribution is -2.15. The Morgan fingerprint density at radius 3 is 2.55 bits per heavy atom. The van der Waals surface area contributed by atoms with Crippen molar-refractivity contribution in [2.75, 3.05) is 10.5 Å². The molecule has 5 nitrogen and oxygen atoms in total. The SMILES string of the molecule is Nc1cc(S(=O)(=O)Nc2ccc(Br)nc2)c(F)cc1Br. The van der Waals surface area contributed by atoms with Gasteiger partial charge in [0.1, 0.15) is 15.3 Å². The third-order valence-electron chi connectivity index (χ3n) is 2.32. The molecule has 0 saturated carbocycles. The average Bonchev–Trinajstić information content (AvgIpc) is 2.36. The lowest BCUT2D eigenvalue weighted by molar-refractivity contribution is 0.570. The number of pyridine rings is 1. The summed E-state index contributed by atoms with van der Waals surface area (Å²) in [6, 6.07) is 5.11. The molecule has 0 amide bonds. The lowest BCUT2D eigenvalue weighted by atomic mass is 10.3. The largest absolute Gasteiger partial charge is 0.398 e. The molecular weight excluding hydrogens is 417 g/mol. The van der Waals surface area contributed by atoms with Crippen LogP contribution in [0.25, 0.3) is 0 Å². The van der Waals surface area contributed by atoms with Crippen LogP contribution in [0.5, 0.6) is 0 Å². The van der Waals surface area contributed by atoms with Crippen molar-refractivity contribution in [1.29, 1.82) is 0 Å². The topological polar surface area (TPSA) is 85.1 Å². The number of sulfonamides is 1. The molecule has 2 aromatic rings. The van der Waals surface area contributed by atoms with Gasteiger partial charge in [-0.1, -0.05) is 0 Å². The Balaban J connectivity index is 2.40. The summed E-state index contributed by atoms with van der Waals surface area (Å²) in [6.07, 6.45) is 1.31.